The Morgan fingerprint density at radius 3 is 2.70 bits per heavy atom. The van der Waals surface area contributed by atoms with Crippen LogP contribution in [0.1, 0.15) is 26.2 Å². The molecule has 10 heavy (non-hydrogen) atoms. The Labute approximate surface area is 63.4 Å². The fourth-order valence-corrected chi connectivity index (χ4v) is 0.736. The zero-order valence-corrected chi connectivity index (χ0v) is 6.89. The van der Waals surface area contributed by atoms with Crippen molar-refractivity contribution in [3.8, 4) is 0 Å². The van der Waals surface area contributed by atoms with Crippen molar-refractivity contribution in [1.29, 1.82) is 0 Å². The maximum Gasteiger partial charge on any atom is 0.0955 e. The fourth-order valence-electron chi connectivity index (χ4n) is 0.736. The highest BCUT2D eigenvalue weighted by molar-refractivity contribution is 5.03. The molecule has 1 nitrogen and oxygen atoms in total. The molecule has 0 aromatic carbocycles. The van der Waals surface area contributed by atoms with E-state index in [9.17, 15) is 0 Å². The van der Waals surface area contributed by atoms with E-state index in [0.717, 1.165) is 12.2 Å². The molecule has 0 aliphatic carbocycles. The first kappa shape index (κ1) is 9.28. The maximum absolute atomic E-state index is 5.08. The van der Waals surface area contributed by atoms with E-state index in [1.54, 1.807) is 13.2 Å². The van der Waals surface area contributed by atoms with Crippen LogP contribution < -0.4 is 0 Å². The number of unbranched alkanes of at least 4 members (excludes halogenated alkanes) is 1. The van der Waals surface area contributed by atoms with E-state index in [-0.39, 0.29) is 0 Å². The molecule has 0 aromatic rings. The molecule has 0 unspecified atom stereocenters. The Kier molecular flexibility index (Phi) is 5.94. The summed E-state index contributed by atoms with van der Waals surface area (Å²) in [6.45, 7) is 5.77. The first-order valence-corrected chi connectivity index (χ1v) is 3.70. The second kappa shape index (κ2) is 6.40. The molecule has 0 amide bonds. The van der Waals surface area contributed by atoms with Crippen LogP contribution in [0, 0.1) is 0 Å². The molecule has 1 heteroatoms. The number of methoxy groups -OCH3 is 1. The lowest BCUT2D eigenvalue weighted by atomic mass is 10.2. The van der Waals surface area contributed by atoms with Gasteiger partial charge in [-0.05, 0) is 12.5 Å². The average molecular weight is 140 g/mol. The van der Waals surface area contributed by atoms with E-state index in [1.165, 1.54) is 12.8 Å². The summed E-state index contributed by atoms with van der Waals surface area (Å²) >= 11 is 0. The highest BCUT2D eigenvalue weighted by Gasteiger charge is 1.91. The van der Waals surface area contributed by atoms with Gasteiger partial charge < -0.3 is 4.74 Å². The minimum absolute atomic E-state index is 1.02. The molecule has 0 N–H and O–H groups in total. The topological polar surface area (TPSA) is 9.23 Å². The minimum Gasteiger partial charge on any atom is -0.501 e. The predicted octanol–water partition coefficient (Wildman–Crippen LogP) is 2.89. The molecule has 0 saturated heterocycles. The van der Waals surface area contributed by atoms with Gasteiger partial charge in [-0.25, -0.2) is 0 Å². The highest BCUT2D eigenvalue weighted by atomic mass is 16.5. The van der Waals surface area contributed by atoms with Crippen molar-refractivity contribution in [1.82, 2.24) is 0 Å². The first-order valence-electron chi connectivity index (χ1n) is 3.70. The van der Waals surface area contributed by atoms with Crippen molar-refractivity contribution in [2.75, 3.05) is 7.11 Å². The monoisotopic (exact) mass is 140 g/mol. The zero-order valence-electron chi connectivity index (χ0n) is 6.89. The predicted molar refractivity (Wildman–Crippen MR) is 44.8 cm³/mol. The van der Waals surface area contributed by atoms with Gasteiger partial charge in [-0.2, -0.15) is 0 Å². The van der Waals surface area contributed by atoms with Crippen LogP contribution in [0.25, 0.3) is 0 Å². The average Bonchev–Trinajstić information content (AvgIpc) is 1.98. The molecule has 0 aromatic heterocycles. The molecular formula is C9H16O. The normalized spacial score (nSPS) is 11.2. The maximum atomic E-state index is 5.08. The third-order valence-electron chi connectivity index (χ3n) is 1.34. The van der Waals surface area contributed by atoms with Crippen LogP contribution in [0.3, 0.4) is 0 Å². The highest BCUT2D eigenvalue weighted by Crippen LogP contribution is 2.06. The van der Waals surface area contributed by atoms with Gasteiger partial charge in [0.05, 0.1) is 12.9 Å². The Morgan fingerprint density at radius 1 is 1.60 bits per heavy atom. The largest absolute Gasteiger partial charge is 0.501 e. The molecule has 0 aliphatic rings. The smallest absolute Gasteiger partial charge is 0.0955 e. The van der Waals surface area contributed by atoms with E-state index in [2.05, 4.69) is 13.5 Å². The van der Waals surface area contributed by atoms with Crippen LogP contribution >= 0.6 is 0 Å². The van der Waals surface area contributed by atoms with E-state index >= 15 is 0 Å². The summed E-state index contributed by atoms with van der Waals surface area (Å²) in [5.41, 5.74) is 0. The Morgan fingerprint density at radius 2 is 2.30 bits per heavy atom. The van der Waals surface area contributed by atoms with E-state index in [4.69, 9.17) is 4.74 Å². The third-order valence-corrected chi connectivity index (χ3v) is 1.34. The molecule has 0 atom stereocenters. The third kappa shape index (κ3) is 4.19. The molecule has 0 radical (unpaired) electrons. The summed E-state index contributed by atoms with van der Waals surface area (Å²) in [6.07, 6.45) is 7.09. The summed E-state index contributed by atoms with van der Waals surface area (Å²) in [4.78, 5) is 0. The summed E-state index contributed by atoms with van der Waals surface area (Å²) in [5.74, 6) is 1.02. The summed E-state index contributed by atoms with van der Waals surface area (Å²) in [7, 11) is 1.70. The van der Waals surface area contributed by atoms with Crippen molar-refractivity contribution in [3.05, 3.63) is 24.5 Å². The number of ether oxygens (including phenoxy) is 1. The number of allylic oxidation sites excluding steroid dienone is 3. The van der Waals surface area contributed by atoms with Crippen LogP contribution in [0.2, 0.25) is 0 Å². The number of hydrogen-bond acceptors (Lipinski definition) is 1. The molecule has 0 rings (SSSR count). The van der Waals surface area contributed by atoms with Gasteiger partial charge in [-0.15, -0.1) is 0 Å². The molecule has 0 fully saturated rings. The van der Waals surface area contributed by atoms with Gasteiger partial charge >= 0.3 is 0 Å². The van der Waals surface area contributed by atoms with Crippen molar-refractivity contribution < 1.29 is 4.74 Å². The van der Waals surface area contributed by atoms with Crippen LogP contribution in [0.4, 0.5) is 0 Å². The van der Waals surface area contributed by atoms with Crippen molar-refractivity contribution >= 4 is 0 Å². The van der Waals surface area contributed by atoms with Gasteiger partial charge in [0.25, 0.3) is 0 Å². The Hall–Kier alpha value is -0.720. The molecule has 0 spiro atoms. The van der Waals surface area contributed by atoms with Crippen molar-refractivity contribution in [2.24, 2.45) is 0 Å². The van der Waals surface area contributed by atoms with Crippen LogP contribution in [-0.4, -0.2) is 7.11 Å². The number of hydrogen-bond donors (Lipinski definition) is 0. The molecular weight excluding hydrogens is 124 g/mol. The lowest BCUT2D eigenvalue weighted by Gasteiger charge is -2.02. The summed E-state index contributed by atoms with van der Waals surface area (Å²) in [5, 5.41) is 0. The van der Waals surface area contributed by atoms with Crippen molar-refractivity contribution in [3.63, 3.8) is 0 Å². The van der Waals surface area contributed by atoms with Crippen LogP contribution in [0.15, 0.2) is 24.5 Å². The zero-order chi connectivity index (χ0) is 7.82. The fraction of sp³-hybridized carbons (Fsp3) is 0.556. The van der Waals surface area contributed by atoms with Crippen LogP contribution in [0.5, 0.6) is 0 Å². The van der Waals surface area contributed by atoms with E-state index < -0.39 is 0 Å². The second-order valence-electron chi connectivity index (χ2n) is 2.18. The molecule has 0 aliphatic heterocycles. The van der Waals surface area contributed by atoms with Gasteiger partial charge in [-0.1, -0.05) is 26.0 Å². The Balaban J connectivity index is 3.59. The van der Waals surface area contributed by atoms with Crippen molar-refractivity contribution in [2.45, 2.75) is 26.2 Å². The second-order valence-corrected chi connectivity index (χ2v) is 2.18. The van der Waals surface area contributed by atoms with Gasteiger partial charge in [0.15, 0.2) is 0 Å². The Bertz CT molecular complexity index is 114. The van der Waals surface area contributed by atoms with E-state index in [1.807, 2.05) is 6.08 Å². The lowest BCUT2D eigenvalue weighted by molar-refractivity contribution is 0.275. The van der Waals surface area contributed by atoms with Crippen LogP contribution in [-0.2, 0) is 4.74 Å². The quantitative estimate of drug-likeness (QED) is 0.421. The van der Waals surface area contributed by atoms with Gasteiger partial charge in [-0.3, -0.25) is 0 Å². The molecule has 0 bridgehead atoms. The van der Waals surface area contributed by atoms with Gasteiger partial charge in [0.2, 0.25) is 0 Å². The van der Waals surface area contributed by atoms with Gasteiger partial charge in [0, 0.05) is 6.42 Å². The number of rotatable bonds is 5. The molecule has 58 valence electrons. The summed E-state index contributed by atoms with van der Waals surface area (Å²) in [6, 6.07) is 0. The minimum atomic E-state index is 1.02. The molecule has 0 heterocycles. The van der Waals surface area contributed by atoms with E-state index in [0.29, 0.717) is 0 Å². The lowest BCUT2D eigenvalue weighted by Crippen LogP contribution is -1.85. The molecule has 0 saturated carbocycles. The van der Waals surface area contributed by atoms with Gasteiger partial charge in [0.1, 0.15) is 0 Å². The SMILES string of the molecule is C=C/C=C(/CCCC)OC. The summed E-state index contributed by atoms with van der Waals surface area (Å²) < 4.78 is 5.08. The standard InChI is InChI=1S/C9H16O/c1-4-6-8-9(10-3)7-5-2/h5,7H,2,4,6,8H2,1,3H3/b9-7-. The first-order chi connectivity index (χ1) is 4.85.